The van der Waals surface area contributed by atoms with E-state index in [4.69, 9.17) is 0 Å². The first-order valence-corrected chi connectivity index (χ1v) is 10.1. The van der Waals surface area contributed by atoms with E-state index in [1.54, 1.807) is 37.3 Å². The lowest BCUT2D eigenvalue weighted by molar-refractivity contribution is -0.118. The summed E-state index contributed by atoms with van der Waals surface area (Å²) in [6.07, 6.45) is 0.983. The molecule has 10 heteroatoms. The van der Waals surface area contributed by atoms with E-state index in [0.29, 0.717) is 12.1 Å². The predicted octanol–water partition coefficient (Wildman–Crippen LogP) is 1.99. The molecule has 1 heterocycles. The SMILES string of the molecule is CCCNC(=O)CSc1nc(NC(=O)CC)c(NC(=O)c2ccccc2)c(=O)[nH]1. The molecule has 0 spiro atoms. The number of nitrogens with one attached hydrogen (secondary N) is 4. The number of benzene rings is 1. The van der Waals surface area contributed by atoms with Gasteiger partial charge in [0, 0.05) is 18.5 Å². The number of carbonyl (C=O) groups is 3. The molecular formula is C19H23N5O4S. The molecule has 0 saturated carbocycles. The van der Waals surface area contributed by atoms with E-state index in [2.05, 4.69) is 25.9 Å². The first-order chi connectivity index (χ1) is 13.9. The number of rotatable bonds is 9. The second-order valence-electron chi connectivity index (χ2n) is 5.96. The molecule has 0 radical (unpaired) electrons. The van der Waals surface area contributed by atoms with E-state index in [1.807, 2.05) is 6.92 Å². The van der Waals surface area contributed by atoms with Crippen molar-refractivity contribution in [2.24, 2.45) is 0 Å². The van der Waals surface area contributed by atoms with Gasteiger partial charge in [-0.05, 0) is 18.6 Å². The zero-order valence-corrected chi connectivity index (χ0v) is 17.0. The molecule has 0 fully saturated rings. The maximum absolute atomic E-state index is 12.5. The first kappa shape index (κ1) is 22.2. The average molecular weight is 417 g/mol. The van der Waals surface area contributed by atoms with Crippen molar-refractivity contribution in [3.8, 4) is 0 Å². The molecule has 1 aromatic heterocycles. The number of anilines is 2. The Morgan fingerprint density at radius 3 is 2.45 bits per heavy atom. The highest BCUT2D eigenvalue weighted by molar-refractivity contribution is 7.99. The van der Waals surface area contributed by atoms with Crippen molar-refractivity contribution in [1.29, 1.82) is 0 Å². The smallest absolute Gasteiger partial charge is 0.277 e. The summed E-state index contributed by atoms with van der Waals surface area (Å²) >= 11 is 1.02. The van der Waals surface area contributed by atoms with E-state index in [-0.39, 0.29) is 40.6 Å². The lowest BCUT2D eigenvalue weighted by atomic mass is 10.2. The highest BCUT2D eigenvalue weighted by atomic mass is 32.2. The molecule has 154 valence electrons. The lowest BCUT2D eigenvalue weighted by Crippen LogP contribution is -2.27. The molecule has 1 aromatic carbocycles. The number of nitrogens with zero attached hydrogens (tertiary/aromatic N) is 1. The van der Waals surface area contributed by atoms with Crippen molar-refractivity contribution >= 4 is 41.0 Å². The summed E-state index contributed by atoms with van der Waals surface area (Å²) in [5.41, 5.74) is -0.446. The molecule has 29 heavy (non-hydrogen) atoms. The quantitative estimate of drug-likeness (QED) is 0.364. The third-order valence-corrected chi connectivity index (χ3v) is 4.54. The van der Waals surface area contributed by atoms with Crippen molar-refractivity contribution in [3.63, 3.8) is 0 Å². The van der Waals surface area contributed by atoms with Gasteiger partial charge in [-0.25, -0.2) is 4.98 Å². The number of H-pyrrole nitrogens is 1. The molecule has 0 saturated heterocycles. The van der Waals surface area contributed by atoms with Crippen molar-refractivity contribution in [1.82, 2.24) is 15.3 Å². The van der Waals surface area contributed by atoms with Crippen LogP contribution in [0, 0.1) is 0 Å². The summed E-state index contributed by atoms with van der Waals surface area (Å²) in [4.78, 5) is 55.3. The molecule has 0 unspecified atom stereocenters. The Hall–Kier alpha value is -3.14. The maximum Gasteiger partial charge on any atom is 0.277 e. The van der Waals surface area contributed by atoms with Crippen LogP contribution in [0.15, 0.2) is 40.3 Å². The van der Waals surface area contributed by atoms with Gasteiger partial charge in [-0.2, -0.15) is 0 Å². The standard InChI is InChI=1S/C19H23N5O4S/c1-3-10-20-14(26)11-29-19-23-16(21-13(25)4-2)15(18(28)24-19)22-17(27)12-8-6-5-7-9-12/h5-9H,3-4,10-11H2,1-2H3,(H,20,26)(H,22,27)(H2,21,23,24,25,28). The van der Waals surface area contributed by atoms with Gasteiger partial charge in [0.15, 0.2) is 16.7 Å². The Balaban J connectivity index is 2.25. The number of carbonyl (C=O) groups excluding carboxylic acids is 3. The van der Waals surface area contributed by atoms with Gasteiger partial charge in [0.1, 0.15) is 0 Å². The van der Waals surface area contributed by atoms with Gasteiger partial charge in [0.2, 0.25) is 11.8 Å². The highest BCUT2D eigenvalue weighted by Gasteiger charge is 2.17. The molecule has 0 atom stereocenters. The summed E-state index contributed by atoms with van der Waals surface area (Å²) in [5.74, 6) is -1.08. The van der Waals surface area contributed by atoms with Crippen molar-refractivity contribution in [3.05, 3.63) is 46.2 Å². The zero-order valence-electron chi connectivity index (χ0n) is 16.2. The van der Waals surface area contributed by atoms with Gasteiger partial charge in [-0.15, -0.1) is 0 Å². The predicted molar refractivity (Wildman–Crippen MR) is 112 cm³/mol. The number of hydrogen-bond acceptors (Lipinski definition) is 6. The molecule has 0 aliphatic rings. The van der Waals surface area contributed by atoms with Crippen LogP contribution in [0.25, 0.3) is 0 Å². The minimum atomic E-state index is -0.632. The van der Waals surface area contributed by atoms with E-state index in [9.17, 15) is 19.2 Å². The van der Waals surface area contributed by atoms with Crippen molar-refractivity contribution < 1.29 is 14.4 Å². The fraction of sp³-hybridized carbons (Fsp3) is 0.316. The van der Waals surface area contributed by atoms with Crippen LogP contribution >= 0.6 is 11.8 Å². The number of aromatic nitrogens is 2. The Morgan fingerprint density at radius 1 is 1.07 bits per heavy atom. The third-order valence-electron chi connectivity index (χ3n) is 3.66. The van der Waals surface area contributed by atoms with Gasteiger partial charge in [0.05, 0.1) is 5.75 Å². The summed E-state index contributed by atoms with van der Waals surface area (Å²) < 4.78 is 0. The number of amides is 3. The fourth-order valence-corrected chi connectivity index (χ4v) is 2.86. The maximum atomic E-state index is 12.5. The Morgan fingerprint density at radius 2 is 1.79 bits per heavy atom. The third kappa shape index (κ3) is 6.75. The van der Waals surface area contributed by atoms with Crippen LogP contribution < -0.4 is 21.5 Å². The summed E-state index contributed by atoms with van der Waals surface area (Å²) in [6.45, 7) is 4.15. The van der Waals surface area contributed by atoms with Crippen LogP contribution in [0.4, 0.5) is 11.5 Å². The van der Waals surface area contributed by atoms with Gasteiger partial charge >= 0.3 is 0 Å². The molecule has 2 rings (SSSR count). The van der Waals surface area contributed by atoms with Crippen LogP contribution in [0.1, 0.15) is 37.0 Å². The largest absolute Gasteiger partial charge is 0.355 e. The second-order valence-corrected chi connectivity index (χ2v) is 6.92. The van der Waals surface area contributed by atoms with E-state index >= 15 is 0 Å². The van der Waals surface area contributed by atoms with Crippen LogP contribution in [-0.4, -0.2) is 40.0 Å². The monoisotopic (exact) mass is 417 g/mol. The molecule has 0 aliphatic carbocycles. The van der Waals surface area contributed by atoms with E-state index in [1.165, 1.54) is 0 Å². The second kappa shape index (κ2) is 11.0. The van der Waals surface area contributed by atoms with Gasteiger partial charge in [-0.3, -0.25) is 24.2 Å². The van der Waals surface area contributed by atoms with Crippen LogP contribution in [-0.2, 0) is 9.59 Å². The average Bonchev–Trinajstić information content (AvgIpc) is 2.73. The van der Waals surface area contributed by atoms with Gasteiger partial charge in [-0.1, -0.05) is 43.8 Å². The number of thioether (sulfide) groups is 1. The van der Waals surface area contributed by atoms with E-state index in [0.717, 1.165) is 18.2 Å². The molecule has 2 aromatic rings. The van der Waals surface area contributed by atoms with Crippen LogP contribution in [0.3, 0.4) is 0 Å². The normalized spacial score (nSPS) is 10.3. The highest BCUT2D eigenvalue weighted by Crippen LogP contribution is 2.20. The minimum absolute atomic E-state index is 0.0554. The van der Waals surface area contributed by atoms with Crippen molar-refractivity contribution in [2.75, 3.05) is 22.9 Å². The Labute approximate surface area is 172 Å². The van der Waals surface area contributed by atoms with Gasteiger partial charge in [0.25, 0.3) is 11.5 Å². The molecule has 0 aliphatic heterocycles. The molecule has 4 N–H and O–H groups in total. The van der Waals surface area contributed by atoms with Gasteiger partial charge < -0.3 is 16.0 Å². The molecule has 9 nitrogen and oxygen atoms in total. The lowest BCUT2D eigenvalue weighted by Gasteiger charge is -2.12. The number of aromatic amines is 1. The zero-order chi connectivity index (χ0) is 21.2. The van der Waals surface area contributed by atoms with Crippen LogP contribution in [0.5, 0.6) is 0 Å². The fourth-order valence-electron chi connectivity index (χ4n) is 2.17. The van der Waals surface area contributed by atoms with E-state index < -0.39 is 11.5 Å². The first-order valence-electron chi connectivity index (χ1n) is 9.14. The summed E-state index contributed by atoms with van der Waals surface area (Å²) in [5, 5.41) is 7.90. The van der Waals surface area contributed by atoms with Crippen LogP contribution in [0.2, 0.25) is 0 Å². The number of hydrogen-bond donors (Lipinski definition) is 4. The minimum Gasteiger partial charge on any atom is -0.355 e. The summed E-state index contributed by atoms with van der Waals surface area (Å²) in [6, 6.07) is 8.35. The molecular weight excluding hydrogens is 394 g/mol. The summed E-state index contributed by atoms with van der Waals surface area (Å²) in [7, 11) is 0. The topological polar surface area (TPSA) is 133 Å². The Kier molecular flexibility index (Phi) is 8.41. The molecule has 0 bridgehead atoms. The molecule has 3 amide bonds. The van der Waals surface area contributed by atoms with Crippen molar-refractivity contribution in [2.45, 2.75) is 31.8 Å². The Bertz CT molecular complexity index is 930.